The summed E-state index contributed by atoms with van der Waals surface area (Å²) in [5.74, 6) is 2.57. The van der Waals surface area contributed by atoms with E-state index in [4.69, 9.17) is 0 Å². The monoisotopic (exact) mass is 244 g/mol. The molecule has 0 aromatic rings. The van der Waals surface area contributed by atoms with Crippen LogP contribution in [0.1, 0.15) is 39.0 Å². The van der Waals surface area contributed by atoms with E-state index in [0.717, 1.165) is 12.1 Å². The highest BCUT2D eigenvalue weighted by atomic mass is 32.2. The molecule has 0 radical (unpaired) electrons. The van der Waals surface area contributed by atoms with Crippen LogP contribution in [0.25, 0.3) is 0 Å². The molecule has 2 atom stereocenters. The minimum atomic E-state index is 0.771. The third kappa shape index (κ3) is 5.55. The zero-order valence-corrected chi connectivity index (χ0v) is 12.0. The second-order valence-corrected chi connectivity index (χ2v) is 6.38. The summed E-state index contributed by atoms with van der Waals surface area (Å²) in [4.78, 5) is 2.39. The summed E-state index contributed by atoms with van der Waals surface area (Å²) < 4.78 is 0. The summed E-state index contributed by atoms with van der Waals surface area (Å²) >= 11 is 2.05. The Balaban J connectivity index is 2.07. The molecule has 0 bridgehead atoms. The number of hydrogen-bond donors (Lipinski definition) is 1. The fourth-order valence-electron chi connectivity index (χ4n) is 2.44. The van der Waals surface area contributed by atoms with Gasteiger partial charge in [-0.3, -0.25) is 0 Å². The van der Waals surface area contributed by atoms with Gasteiger partial charge in [-0.1, -0.05) is 13.3 Å². The smallest absolute Gasteiger partial charge is 0.0104 e. The lowest BCUT2D eigenvalue weighted by molar-refractivity contribution is 0.199. The van der Waals surface area contributed by atoms with E-state index < -0.39 is 0 Å². The molecule has 0 saturated heterocycles. The molecule has 3 heteroatoms. The first-order chi connectivity index (χ1) is 7.74. The first-order valence-electron chi connectivity index (χ1n) is 6.71. The molecule has 96 valence electrons. The molecule has 1 aliphatic rings. The van der Waals surface area contributed by atoms with E-state index in [9.17, 15) is 0 Å². The van der Waals surface area contributed by atoms with Gasteiger partial charge in [-0.25, -0.2) is 0 Å². The molecule has 1 N–H and O–H groups in total. The fourth-order valence-corrected chi connectivity index (χ4v) is 3.08. The number of thioether (sulfide) groups is 1. The zero-order valence-electron chi connectivity index (χ0n) is 11.2. The summed E-state index contributed by atoms with van der Waals surface area (Å²) in [6.45, 7) is 3.44. The van der Waals surface area contributed by atoms with E-state index in [1.807, 2.05) is 0 Å². The lowest BCUT2D eigenvalue weighted by atomic mass is 9.90. The number of nitrogens with zero attached hydrogens (tertiary/aromatic N) is 1. The molecule has 1 rings (SSSR count). The van der Waals surface area contributed by atoms with Gasteiger partial charge in [0.1, 0.15) is 0 Å². The molecule has 0 aliphatic heterocycles. The average molecular weight is 244 g/mol. The third-order valence-electron chi connectivity index (χ3n) is 3.48. The third-order valence-corrected chi connectivity index (χ3v) is 4.47. The predicted octanol–water partition coefficient (Wildman–Crippen LogP) is 2.59. The maximum absolute atomic E-state index is 3.73. The van der Waals surface area contributed by atoms with E-state index >= 15 is 0 Å². The van der Waals surface area contributed by atoms with Crippen molar-refractivity contribution >= 4 is 11.8 Å². The highest BCUT2D eigenvalue weighted by Gasteiger charge is 2.22. The first-order valence-corrected chi connectivity index (χ1v) is 7.87. The van der Waals surface area contributed by atoms with Crippen molar-refractivity contribution < 1.29 is 0 Å². The number of hydrogen-bond acceptors (Lipinski definition) is 3. The van der Waals surface area contributed by atoms with Gasteiger partial charge in [0.25, 0.3) is 0 Å². The van der Waals surface area contributed by atoms with Crippen LogP contribution in [0, 0.1) is 0 Å². The van der Waals surface area contributed by atoms with Crippen molar-refractivity contribution in [2.45, 2.75) is 51.1 Å². The van der Waals surface area contributed by atoms with Crippen molar-refractivity contribution in [2.75, 3.05) is 32.1 Å². The minimum Gasteiger partial charge on any atom is -0.314 e. The minimum absolute atomic E-state index is 0.771. The average Bonchev–Trinajstić information content (AvgIpc) is 2.29. The molecule has 0 aromatic heterocycles. The topological polar surface area (TPSA) is 15.3 Å². The molecule has 1 aliphatic carbocycles. The van der Waals surface area contributed by atoms with Crippen LogP contribution in [0.4, 0.5) is 0 Å². The second-order valence-electron chi connectivity index (χ2n) is 4.99. The summed E-state index contributed by atoms with van der Waals surface area (Å²) in [6, 6.07) is 1.57. The zero-order chi connectivity index (χ0) is 11.8. The van der Waals surface area contributed by atoms with Crippen molar-refractivity contribution in [3.05, 3.63) is 0 Å². The van der Waals surface area contributed by atoms with E-state index in [-0.39, 0.29) is 0 Å². The molecule has 16 heavy (non-hydrogen) atoms. The maximum atomic E-state index is 3.73. The van der Waals surface area contributed by atoms with E-state index in [0.29, 0.717) is 0 Å². The van der Waals surface area contributed by atoms with Gasteiger partial charge in [0, 0.05) is 12.1 Å². The van der Waals surface area contributed by atoms with Crippen molar-refractivity contribution in [3.8, 4) is 0 Å². The van der Waals surface area contributed by atoms with E-state index in [1.165, 1.54) is 50.2 Å². The van der Waals surface area contributed by atoms with Gasteiger partial charge in [-0.05, 0) is 57.8 Å². The first kappa shape index (κ1) is 14.3. The van der Waals surface area contributed by atoms with Gasteiger partial charge in [0.15, 0.2) is 0 Å². The Labute approximate surface area is 106 Å². The Kier molecular flexibility index (Phi) is 7.50. The Bertz CT molecular complexity index is 173. The van der Waals surface area contributed by atoms with Crippen molar-refractivity contribution in [1.82, 2.24) is 10.2 Å². The van der Waals surface area contributed by atoms with Crippen LogP contribution in [0.5, 0.6) is 0 Å². The maximum Gasteiger partial charge on any atom is 0.0104 e. The van der Waals surface area contributed by atoms with Gasteiger partial charge < -0.3 is 10.2 Å². The van der Waals surface area contributed by atoms with Crippen molar-refractivity contribution in [2.24, 2.45) is 0 Å². The largest absolute Gasteiger partial charge is 0.314 e. The van der Waals surface area contributed by atoms with Crippen LogP contribution in [-0.2, 0) is 0 Å². The molecular weight excluding hydrogens is 216 g/mol. The van der Waals surface area contributed by atoms with Gasteiger partial charge in [0.2, 0.25) is 0 Å². The Morgan fingerprint density at radius 1 is 1.31 bits per heavy atom. The normalized spacial score (nSPS) is 26.2. The van der Waals surface area contributed by atoms with Gasteiger partial charge in [-0.15, -0.1) is 0 Å². The van der Waals surface area contributed by atoms with Gasteiger partial charge in [-0.2, -0.15) is 11.8 Å². The van der Waals surface area contributed by atoms with Crippen molar-refractivity contribution in [1.29, 1.82) is 0 Å². The summed E-state index contributed by atoms with van der Waals surface area (Å²) in [5.41, 5.74) is 0. The molecule has 0 heterocycles. The lowest BCUT2D eigenvalue weighted by Crippen LogP contribution is -2.41. The van der Waals surface area contributed by atoms with Crippen LogP contribution >= 0.6 is 11.8 Å². The second kappa shape index (κ2) is 8.37. The van der Waals surface area contributed by atoms with Gasteiger partial charge >= 0.3 is 0 Å². The Morgan fingerprint density at radius 2 is 2.12 bits per heavy atom. The van der Waals surface area contributed by atoms with Crippen LogP contribution in [-0.4, -0.2) is 49.1 Å². The van der Waals surface area contributed by atoms with Crippen LogP contribution in [0.2, 0.25) is 0 Å². The van der Waals surface area contributed by atoms with Gasteiger partial charge in [0.05, 0.1) is 0 Å². The molecule has 0 aromatic carbocycles. The van der Waals surface area contributed by atoms with E-state index in [1.54, 1.807) is 0 Å². The summed E-state index contributed by atoms with van der Waals surface area (Å²) in [7, 11) is 4.43. The molecule has 2 nitrogen and oxygen atoms in total. The molecule has 1 saturated carbocycles. The van der Waals surface area contributed by atoms with Crippen LogP contribution < -0.4 is 5.32 Å². The lowest BCUT2D eigenvalue weighted by Gasteiger charge is -2.33. The molecule has 0 spiro atoms. The molecular formula is C13H28N2S. The molecule has 0 amide bonds. The summed E-state index contributed by atoms with van der Waals surface area (Å²) in [6.07, 6.45) is 6.82. The van der Waals surface area contributed by atoms with E-state index in [2.05, 4.69) is 43.0 Å². The van der Waals surface area contributed by atoms with Crippen LogP contribution in [0.3, 0.4) is 0 Å². The predicted molar refractivity (Wildman–Crippen MR) is 75.3 cm³/mol. The highest BCUT2D eigenvalue weighted by molar-refractivity contribution is 7.99. The number of nitrogens with one attached hydrogen (secondary N) is 1. The molecule has 2 unspecified atom stereocenters. The van der Waals surface area contributed by atoms with Crippen molar-refractivity contribution in [3.63, 3.8) is 0 Å². The quantitative estimate of drug-likeness (QED) is 0.693. The SMILES string of the molecule is CCSCCCNC1CCCC(N(C)C)C1. The fraction of sp³-hybridized carbons (Fsp3) is 1.00. The van der Waals surface area contributed by atoms with Crippen LogP contribution in [0.15, 0.2) is 0 Å². The number of rotatable bonds is 7. The molecule has 1 fully saturated rings. The highest BCUT2D eigenvalue weighted by Crippen LogP contribution is 2.21. The standard InChI is InChI=1S/C13H28N2S/c1-4-16-10-6-9-14-12-7-5-8-13(11-12)15(2)3/h12-14H,4-11H2,1-3H3. The summed E-state index contributed by atoms with van der Waals surface area (Å²) in [5, 5.41) is 3.73. The Morgan fingerprint density at radius 3 is 2.81 bits per heavy atom. The Hall–Kier alpha value is 0.270.